The van der Waals surface area contributed by atoms with Crippen molar-refractivity contribution in [3.8, 4) is 5.75 Å². The van der Waals surface area contributed by atoms with Crippen molar-refractivity contribution in [1.82, 2.24) is 15.5 Å². The Morgan fingerprint density at radius 1 is 1.27 bits per heavy atom. The lowest BCUT2D eigenvalue weighted by atomic mass is 9.93. The van der Waals surface area contributed by atoms with Crippen LogP contribution < -0.4 is 20.3 Å². The van der Waals surface area contributed by atoms with Crippen molar-refractivity contribution in [2.24, 2.45) is 5.92 Å². The minimum Gasteiger partial charge on any atom is -0.495 e. The summed E-state index contributed by atoms with van der Waals surface area (Å²) in [6, 6.07) is 4.62. The van der Waals surface area contributed by atoms with Crippen LogP contribution in [0.5, 0.6) is 5.75 Å². The molecule has 0 unspecified atom stereocenters. The number of ether oxygens (including phenoxy) is 1. The lowest BCUT2D eigenvalue weighted by Gasteiger charge is -2.29. The molecule has 2 aliphatic heterocycles. The van der Waals surface area contributed by atoms with Crippen molar-refractivity contribution in [3.63, 3.8) is 0 Å². The number of hydrogen-bond acceptors (Lipinski definition) is 5. The molecule has 2 aliphatic rings. The quantitative estimate of drug-likeness (QED) is 0.679. The van der Waals surface area contributed by atoms with Gasteiger partial charge in [0.05, 0.1) is 12.8 Å². The van der Waals surface area contributed by atoms with Gasteiger partial charge in [-0.15, -0.1) is 0 Å². The average Bonchev–Trinajstić information content (AvgIpc) is 2.76. The first-order valence-electron chi connectivity index (χ1n) is 10.8. The van der Waals surface area contributed by atoms with E-state index in [-0.39, 0.29) is 24.8 Å². The van der Waals surface area contributed by atoms with E-state index in [2.05, 4.69) is 10.6 Å². The molecule has 0 radical (unpaired) electrons. The zero-order valence-corrected chi connectivity index (χ0v) is 17.9. The Kier molecular flexibility index (Phi) is 7.68. The molecule has 2 heterocycles. The standard InChI is InChI=1S/C22H32N4O4/c1-3-25(13-4-5-16-8-11-23-12-9-16)21(28)17-6-7-19(30-2)18(15-17)26-14-10-20(27)24-22(26)29/h6-7,15-16,23H,3-5,8-14H2,1-2H3,(H,24,27,29). The van der Waals surface area contributed by atoms with Crippen LogP contribution in [0.15, 0.2) is 18.2 Å². The van der Waals surface area contributed by atoms with E-state index < -0.39 is 6.03 Å². The normalized spacial score (nSPS) is 17.6. The molecule has 0 aromatic heterocycles. The van der Waals surface area contributed by atoms with Crippen LogP contribution in [0.4, 0.5) is 10.5 Å². The Bertz CT molecular complexity index is 776. The highest BCUT2D eigenvalue weighted by Crippen LogP contribution is 2.31. The molecule has 8 heteroatoms. The Morgan fingerprint density at radius 3 is 2.70 bits per heavy atom. The van der Waals surface area contributed by atoms with Gasteiger partial charge in [0, 0.05) is 31.6 Å². The third-order valence-corrected chi connectivity index (χ3v) is 5.94. The fraction of sp³-hybridized carbons (Fsp3) is 0.591. The SMILES string of the molecule is CCN(CCCC1CCNCC1)C(=O)c1ccc(OC)c(N2CCC(=O)NC2=O)c1. The van der Waals surface area contributed by atoms with Crippen molar-refractivity contribution in [1.29, 1.82) is 0 Å². The molecule has 4 amide bonds. The smallest absolute Gasteiger partial charge is 0.328 e. The van der Waals surface area contributed by atoms with Gasteiger partial charge in [-0.25, -0.2) is 4.79 Å². The Morgan fingerprint density at radius 2 is 2.03 bits per heavy atom. The number of imide groups is 1. The Balaban J connectivity index is 1.69. The van der Waals surface area contributed by atoms with Crippen molar-refractivity contribution in [2.75, 3.05) is 44.7 Å². The summed E-state index contributed by atoms with van der Waals surface area (Å²) in [5.74, 6) is 0.881. The third-order valence-electron chi connectivity index (χ3n) is 5.94. The van der Waals surface area contributed by atoms with Gasteiger partial charge in [0.15, 0.2) is 0 Å². The van der Waals surface area contributed by atoms with Crippen molar-refractivity contribution in [2.45, 2.75) is 39.0 Å². The number of anilines is 1. The summed E-state index contributed by atoms with van der Waals surface area (Å²) in [5.41, 5.74) is 1.01. The topological polar surface area (TPSA) is 91.0 Å². The van der Waals surface area contributed by atoms with Crippen LogP contribution in [0, 0.1) is 5.92 Å². The second-order valence-corrected chi connectivity index (χ2v) is 7.86. The number of amides is 4. The van der Waals surface area contributed by atoms with Crippen LogP contribution in [0.1, 0.15) is 49.4 Å². The first-order valence-corrected chi connectivity index (χ1v) is 10.8. The predicted molar refractivity (Wildman–Crippen MR) is 115 cm³/mol. The van der Waals surface area contributed by atoms with E-state index in [9.17, 15) is 14.4 Å². The highest BCUT2D eigenvalue weighted by Gasteiger charge is 2.27. The highest BCUT2D eigenvalue weighted by molar-refractivity contribution is 6.07. The van der Waals surface area contributed by atoms with Gasteiger partial charge < -0.3 is 15.0 Å². The number of urea groups is 1. The summed E-state index contributed by atoms with van der Waals surface area (Å²) in [7, 11) is 1.52. The number of nitrogens with one attached hydrogen (secondary N) is 2. The van der Waals surface area contributed by atoms with Gasteiger partial charge in [-0.1, -0.05) is 0 Å². The summed E-state index contributed by atoms with van der Waals surface area (Å²) < 4.78 is 5.39. The number of benzene rings is 1. The van der Waals surface area contributed by atoms with E-state index >= 15 is 0 Å². The van der Waals surface area contributed by atoms with Gasteiger partial charge in [0.1, 0.15) is 5.75 Å². The summed E-state index contributed by atoms with van der Waals surface area (Å²) in [6.45, 7) is 5.77. The maximum Gasteiger partial charge on any atom is 0.328 e. The van der Waals surface area contributed by atoms with E-state index in [4.69, 9.17) is 4.74 Å². The molecule has 8 nitrogen and oxygen atoms in total. The largest absolute Gasteiger partial charge is 0.495 e. The summed E-state index contributed by atoms with van der Waals surface area (Å²) in [6.07, 6.45) is 4.76. The fourth-order valence-electron chi connectivity index (χ4n) is 4.15. The first kappa shape index (κ1) is 22.1. The van der Waals surface area contributed by atoms with Gasteiger partial charge in [-0.3, -0.25) is 19.8 Å². The van der Waals surface area contributed by atoms with Crippen LogP contribution in [0.3, 0.4) is 0 Å². The van der Waals surface area contributed by atoms with E-state index in [0.717, 1.165) is 38.4 Å². The zero-order chi connectivity index (χ0) is 21.5. The number of nitrogens with zero attached hydrogens (tertiary/aromatic N) is 2. The molecule has 1 aromatic carbocycles. The average molecular weight is 417 g/mol. The van der Waals surface area contributed by atoms with Gasteiger partial charge >= 0.3 is 6.03 Å². The number of rotatable bonds is 8. The van der Waals surface area contributed by atoms with E-state index in [1.165, 1.54) is 24.9 Å². The molecule has 1 aromatic rings. The van der Waals surface area contributed by atoms with Gasteiger partial charge in [-0.05, 0) is 69.8 Å². The summed E-state index contributed by atoms with van der Waals surface area (Å²) in [4.78, 5) is 40.2. The number of methoxy groups -OCH3 is 1. The second kappa shape index (κ2) is 10.4. The molecule has 30 heavy (non-hydrogen) atoms. The number of carbonyl (C=O) groups is 3. The molecule has 3 rings (SSSR count). The number of hydrogen-bond donors (Lipinski definition) is 2. The van der Waals surface area contributed by atoms with Gasteiger partial charge in [0.25, 0.3) is 5.91 Å². The van der Waals surface area contributed by atoms with Gasteiger partial charge in [-0.2, -0.15) is 0 Å². The monoisotopic (exact) mass is 416 g/mol. The minimum atomic E-state index is -0.497. The predicted octanol–water partition coefficient (Wildman–Crippen LogP) is 2.38. The molecule has 0 bridgehead atoms. The molecule has 0 spiro atoms. The maximum atomic E-state index is 13.1. The van der Waals surface area contributed by atoms with Crippen LogP contribution in [-0.4, -0.2) is 62.6 Å². The van der Waals surface area contributed by atoms with E-state index in [0.29, 0.717) is 23.5 Å². The lowest BCUT2D eigenvalue weighted by Crippen LogP contribution is -2.49. The van der Waals surface area contributed by atoms with Crippen molar-refractivity contribution < 1.29 is 19.1 Å². The molecule has 0 atom stereocenters. The van der Waals surface area contributed by atoms with E-state index in [1.54, 1.807) is 18.2 Å². The molecule has 0 saturated carbocycles. The molecule has 2 fully saturated rings. The molecule has 0 aliphatic carbocycles. The number of piperidine rings is 1. The van der Waals surface area contributed by atoms with Crippen LogP contribution in [-0.2, 0) is 4.79 Å². The molecule has 2 saturated heterocycles. The Labute approximate surface area is 177 Å². The van der Waals surface area contributed by atoms with Crippen molar-refractivity contribution in [3.05, 3.63) is 23.8 Å². The third kappa shape index (κ3) is 5.30. The summed E-state index contributed by atoms with van der Waals surface area (Å²) in [5, 5.41) is 5.70. The maximum absolute atomic E-state index is 13.1. The van der Waals surface area contributed by atoms with Gasteiger partial charge in [0.2, 0.25) is 5.91 Å². The van der Waals surface area contributed by atoms with E-state index in [1.807, 2.05) is 11.8 Å². The van der Waals surface area contributed by atoms with Crippen LogP contribution >= 0.6 is 0 Å². The fourth-order valence-corrected chi connectivity index (χ4v) is 4.15. The number of carbonyl (C=O) groups excluding carboxylic acids is 3. The minimum absolute atomic E-state index is 0.0554. The highest BCUT2D eigenvalue weighted by atomic mass is 16.5. The molecular formula is C22H32N4O4. The molecule has 164 valence electrons. The Hall–Kier alpha value is -2.61. The van der Waals surface area contributed by atoms with Crippen LogP contribution in [0.25, 0.3) is 0 Å². The second-order valence-electron chi connectivity index (χ2n) is 7.86. The van der Waals surface area contributed by atoms with Crippen molar-refractivity contribution >= 4 is 23.5 Å². The summed E-state index contributed by atoms with van der Waals surface area (Å²) >= 11 is 0. The molecule has 2 N–H and O–H groups in total. The molecular weight excluding hydrogens is 384 g/mol. The first-order chi connectivity index (χ1) is 14.5. The van der Waals surface area contributed by atoms with Crippen LogP contribution in [0.2, 0.25) is 0 Å². The lowest BCUT2D eigenvalue weighted by molar-refractivity contribution is -0.120. The zero-order valence-electron chi connectivity index (χ0n) is 17.9.